The first kappa shape index (κ1) is 14.3. The highest BCUT2D eigenvalue weighted by Gasteiger charge is 2.23. The second kappa shape index (κ2) is 6.87. The standard InChI is InChI=1S/C15H26N4/c1-4-7-16-13-5-8-17-14(10-13)11-19-9-6-15(12-19)18(2)3/h5,8,10,15H,4,6-7,9,11-12H2,1-3H3,(H,16,17). The van der Waals surface area contributed by atoms with Crippen molar-refractivity contribution in [1.29, 1.82) is 0 Å². The molecule has 1 aliphatic rings. The lowest BCUT2D eigenvalue weighted by molar-refractivity contribution is 0.263. The third-order valence-corrected chi connectivity index (χ3v) is 3.76. The summed E-state index contributed by atoms with van der Waals surface area (Å²) in [6.07, 6.45) is 4.32. The van der Waals surface area contributed by atoms with Crippen LogP contribution >= 0.6 is 0 Å². The number of hydrogen-bond donors (Lipinski definition) is 1. The van der Waals surface area contributed by atoms with Gasteiger partial charge in [0, 0.05) is 44.1 Å². The molecule has 0 spiro atoms. The molecule has 0 bridgehead atoms. The van der Waals surface area contributed by atoms with Crippen LogP contribution in [0.5, 0.6) is 0 Å². The number of pyridine rings is 1. The largest absolute Gasteiger partial charge is 0.385 e. The minimum Gasteiger partial charge on any atom is -0.385 e. The third-order valence-electron chi connectivity index (χ3n) is 3.76. The molecule has 1 fully saturated rings. The van der Waals surface area contributed by atoms with Gasteiger partial charge in [-0.2, -0.15) is 0 Å². The number of likely N-dealkylation sites (tertiary alicyclic amines) is 1. The lowest BCUT2D eigenvalue weighted by atomic mass is 10.2. The number of anilines is 1. The van der Waals surface area contributed by atoms with E-state index in [2.05, 4.69) is 47.2 Å². The molecule has 0 amide bonds. The van der Waals surface area contributed by atoms with Crippen LogP contribution in [0.25, 0.3) is 0 Å². The highest BCUT2D eigenvalue weighted by molar-refractivity contribution is 5.43. The molecule has 0 saturated carbocycles. The molecule has 19 heavy (non-hydrogen) atoms. The van der Waals surface area contributed by atoms with Gasteiger partial charge in [-0.1, -0.05) is 6.92 Å². The highest BCUT2D eigenvalue weighted by Crippen LogP contribution is 2.17. The molecule has 4 nitrogen and oxygen atoms in total. The smallest absolute Gasteiger partial charge is 0.0564 e. The lowest BCUT2D eigenvalue weighted by Gasteiger charge is -2.20. The molecular weight excluding hydrogens is 236 g/mol. The van der Waals surface area contributed by atoms with Crippen molar-refractivity contribution < 1.29 is 0 Å². The molecule has 2 rings (SSSR count). The van der Waals surface area contributed by atoms with Crippen LogP contribution in [0.2, 0.25) is 0 Å². The van der Waals surface area contributed by atoms with E-state index < -0.39 is 0 Å². The molecule has 4 heteroatoms. The van der Waals surface area contributed by atoms with Crippen LogP contribution in [-0.2, 0) is 6.54 Å². The predicted octanol–water partition coefficient (Wildman–Crippen LogP) is 2.04. The highest BCUT2D eigenvalue weighted by atomic mass is 15.2. The number of aromatic nitrogens is 1. The second-order valence-electron chi connectivity index (χ2n) is 5.60. The number of likely N-dealkylation sites (N-methyl/N-ethyl adjacent to an activating group) is 1. The average Bonchev–Trinajstić information content (AvgIpc) is 2.85. The van der Waals surface area contributed by atoms with Gasteiger partial charge in [-0.15, -0.1) is 0 Å². The summed E-state index contributed by atoms with van der Waals surface area (Å²) in [4.78, 5) is 9.31. The van der Waals surface area contributed by atoms with E-state index in [-0.39, 0.29) is 0 Å². The van der Waals surface area contributed by atoms with Crippen LogP contribution in [0.1, 0.15) is 25.5 Å². The Bertz CT molecular complexity index is 391. The Morgan fingerprint density at radius 3 is 3.00 bits per heavy atom. The van der Waals surface area contributed by atoms with Gasteiger partial charge in [0.1, 0.15) is 0 Å². The minimum absolute atomic E-state index is 0.696. The van der Waals surface area contributed by atoms with E-state index >= 15 is 0 Å². The summed E-state index contributed by atoms with van der Waals surface area (Å²) in [5, 5.41) is 3.42. The van der Waals surface area contributed by atoms with Crippen molar-refractivity contribution in [1.82, 2.24) is 14.8 Å². The molecule has 2 heterocycles. The molecule has 1 saturated heterocycles. The summed E-state index contributed by atoms with van der Waals surface area (Å²) in [7, 11) is 4.34. The Kier molecular flexibility index (Phi) is 5.16. The minimum atomic E-state index is 0.696. The normalized spacial score (nSPS) is 20.1. The molecule has 1 N–H and O–H groups in total. The molecule has 0 aliphatic carbocycles. The molecular formula is C15H26N4. The molecule has 1 aromatic rings. The average molecular weight is 262 g/mol. The monoisotopic (exact) mass is 262 g/mol. The number of nitrogens with zero attached hydrogens (tertiary/aromatic N) is 3. The zero-order valence-corrected chi connectivity index (χ0v) is 12.4. The quantitative estimate of drug-likeness (QED) is 0.850. The van der Waals surface area contributed by atoms with Gasteiger partial charge >= 0.3 is 0 Å². The topological polar surface area (TPSA) is 31.4 Å². The Morgan fingerprint density at radius 1 is 1.47 bits per heavy atom. The predicted molar refractivity (Wildman–Crippen MR) is 80.4 cm³/mol. The van der Waals surface area contributed by atoms with Gasteiger partial charge in [-0.05, 0) is 39.1 Å². The summed E-state index contributed by atoms with van der Waals surface area (Å²) in [6.45, 7) is 6.50. The molecule has 0 radical (unpaired) electrons. The fourth-order valence-electron chi connectivity index (χ4n) is 2.55. The first-order valence-corrected chi connectivity index (χ1v) is 7.26. The summed E-state index contributed by atoms with van der Waals surface area (Å²) >= 11 is 0. The third kappa shape index (κ3) is 4.18. The van der Waals surface area contributed by atoms with Gasteiger partial charge < -0.3 is 10.2 Å². The van der Waals surface area contributed by atoms with Gasteiger partial charge in [0.25, 0.3) is 0 Å². The molecule has 1 aromatic heterocycles. The summed E-state index contributed by atoms with van der Waals surface area (Å²) in [6, 6.07) is 4.92. The van der Waals surface area contributed by atoms with Gasteiger partial charge in [0.2, 0.25) is 0 Å². The van der Waals surface area contributed by atoms with Gasteiger partial charge in [0.05, 0.1) is 5.69 Å². The van der Waals surface area contributed by atoms with E-state index in [4.69, 9.17) is 0 Å². The Hall–Kier alpha value is -1.13. The molecule has 106 valence electrons. The van der Waals surface area contributed by atoms with Gasteiger partial charge in [0.15, 0.2) is 0 Å². The summed E-state index contributed by atoms with van der Waals surface area (Å²) in [5.74, 6) is 0. The van der Waals surface area contributed by atoms with Crippen molar-refractivity contribution in [3.63, 3.8) is 0 Å². The molecule has 1 aliphatic heterocycles. The van der Waals surface area contributed by atoms with Crippen LogP contribution in [0.15, 0.2) is 18.3 Å². The zero-order valence-electron chi connectivity index (χ0n) is 12.4. The molecule has 1 atom stereocenters. The van der Waals surface area contributed by atoms with Gasteiger partial charge in [-0.3, -0.25) is 9.88 Å². The van der Waals surface area contributed by atoms with E-state index in [9.17, 15) is 0 Å². The van der Waals surface area contributed by atoms with Crippen molar-refractivity contribution in [2.75, 3.05) is 39.0 Å². The van der Waals surface area contributed by atoms with E-state index in [0.29, 0.717) is 6.04 Å². The maximum atomic E-state index is 4.49. The fourth-order valence-corrected chi connectivity index (χ4v) is 2.55. The maximum absolute atomic E-state index is 4.49. The van der Waals surface area contributed by atoms with Crippen molar-refractivity contribution >= 4 is 5.69 Å². The number of hydrogen-bond acceptors (Lipinski definition) is 4. The van der Waals surface area contributed by atoms with Crippen molar-refractivity contribution in [2.45, 2.75) is 32.4 Å². The Morgan fingerprint density at radius 2 is 2.32 bits per heavy atom. The van der Waals surface area contributed by atoms with E-state index in [1.165, 1.54) is 24.3 Å². The van der Waals surface area contributed by atoms with E-state index in [1.807, 2.05) is 12.3 Å². The number of nitrogens with one attached hydrogen (secondary N) is 1. The fraction of sp³-hybridized carbons (Fsp3) is 0.667. The van der Waals surface area contributed by atoms with Crippen LogP contribution in [0.3, 0.4) is 0 Å². The zero-order chi connectivity index (χ0) is 13.7. The summed E-state index contributed by atoms with van der Waals surface area (Å²) < 4.78 is 0. The van der Waals surface area contributed by atoms with Crippen molar-refractivity contribution in [3.05, 3.63) is 24.0 Å². The van der Waals surface area contributed by atoms with E-state index in [0.717, 1.165) is 26.1 Å². The first-order chi connectivity index (χ1) is 9.19. The first-order valence-electron chi connectivity index (χ1n) is 7.26. The Balaban J connectivity index is 1.89. The van der Waals surface area contributed by atoms with Crippen LogP contribution in [0, 0.1) is 0 Å². The maximum Gasteiger partial charge on any atom is 0.0564 e. The SMILES string of the molecule is CCCNc1ccnc(CN2CCC(N(C)C)C2)c1. The van der Waals surface area contributed by atoms with Crippen molar-refractivity contribution in [2.24, 2.45) is 0 Å². The van der Waals surface area contributed by atoms with Crippen molar-refractivity contribution in [3.8, 4) is 0 Å². The van der Waals surface area contributed by atoms with E-state index in [1.54, 1.807) is 0 Å². The summed E-state index contributed by atoms with van der Waals surface area (Å²) in [5.41, 5.74) is 2.36. The van der Waals surface area contributed by atoms with Crippen LogP contribution < -0.4 is 5.32 Å². The van der Waals surface area contributed by atoms with Crippen LogP contribution in [0.4, 0.5) is 5.69 Å². The number of rotatable bonds is 6. The van der Waals surface area contributed by atoms with Crippen LogP contribution in [-0.4, -0.2) is 54.6 Å². The molecule has 1 unspecified atom stereocenters. The molecule has 0 aromatic carbocycles. The second-order valence-corrected chi connectivity index (χ2v) is 5.60. The van der Waals surface area contributed by atoms with Gasteiger partial charge in [-0.25, -0.2) is 0 Å². The lowest BCUT2D eigenvalue weighted by Crippen LogP contribution is -2.31. The Labute approximate surface area is 116 Å².